The number of hydrogen-bond donors (Lipinski definition) is 1. The van der Waals surface area contributed by atoms with E-state index in [0.29, 0.717) is 18.0 Å². The topological polar surface area (TPSA) is 29.5 Å². The molecule has 1 unspecified atom stereocenters. The zero-order valence-electron chi connectivity index (χ0n) is 8.21. The van der Waals surface area contributed by atoms with Gasteiger partial charge in [0.2, 0.25) is 0 Å². The minimum atomic E-state index is -0.348. The molecule has 1 atom stereocenters. The fraction of sp³-hybridized carbons (Fsp3) is 1.00. The number of aliphatic hydroxyl groups excluding tert-OH is 1. The lowest BCUT2D eigenvalue weighted by Crippen LogP contribution is -2.26. The number of alkyl halides is 1. The summed E-state index contributed by atoms with van der Waals surface area (Å²) in [5.41, 5.74) is 0. The third-order valence-corrected chi connectivity index (χ3v) is 3.41. The highest BCUT2D eigenvalue weighted by atomic mass is 79.9. The zero-order valence-corrected chi connectivity index (χ0v) is 9.79. The van der Waals surface area contributed by atoms with Crippen molar-refractivity contribution in [1.82, 2.24) is 0 Å². The van der Waals surface area contributed by atoms with Gasteiger partial charge in [0.25, 0.3) is 0 Å². The van der Waals surface area contributed by atoms with Crippen LogP contribution in [-0.2, 0) is 4.74 Å². The molecule has 2 nitrogen and oxygen atoms in total. The van der Waals surface area contributed by atoms with Crippen LogP contribution in [0.25, 0.3) is 0 Å². The van der Waals surface area contributed by atoms with E-state index < -0.39 is 0 Å². The molecule has 1 saturated carbocycles. The average molecular weight is 251 g/mol. The molecule has 0 saturated heterocycles. The monoisotopic (exact) mass is 250 g/mol. The first-order chi connectivity index (χ1) is 6.22. The fourth-order valence-electron chi connectivity index (χ4n) is 1.69. The second-order valence-corrected chi connectivity index (χ2v) is 4.67. The molecule has 0 bridgehead atoms. The van der Waals surface area contributed by atoms with Crippen LogP contribution in [0.1, 0.15) is 32.6 Å². The highest BCUT2D eigenvalue weighted by molar-refractivity contribution is 9.09. The maximum atomic E-state index is 9.27. The Hall–Kier alpha value is 0.400. The summed E-state index contributed by atoms with van der Waals surface area (Å²) in [5, 5.41) is 9.88. The molecule has 0 heterocycles. The molecule has 3 heteroatoms. The van der Waals surface area contributed by atoms with Gasteiger partial charge < -0.3 is 9.84 Å². The molecule has 0 aromatic heterocycles. The van der Waals surface area contributed by atoms with Crippen LogP contribution in [0.2, 0.25) is 0 Å². The smallest absolute Gasteiger partial charge is 0.0870 e. The summed E-state index contributed by atoms with van der Waals surface area (Å²) >= 11 is 3.22. The van der Waals surface area contributed by atoms with Crippen molar-refractivity contribution in [3.05, 3.63) is 0 Å². The molecule has 0 aliphatic heterocycles. The Labute approximate surface area is 88.8 Å². The fourth-order valence-corrected chi connectivity index (χ4v) is 1.87. The molecule has 0 aromatic carbocycles. The predicted octanol–water partition coefficient (Wildman–Crippen LogP) is 2.34. The molecule has 0 radical (unpaired) electrons. The van der Waals surface area contributed by atoms with E-state index in [1.54, 1.807) is 0 Å². The number of halogens is 1. The van der Waals surface area contributed by atoms with Crippen molar-refractivity contribution in [3.8, 4) is 0 Å². The second-order valence-electron chi connectivity index (χ2n) is 4.02. The van der Waals surface area contributed by atoms with Crippen molar-refractivity contribution in [3.63, 3.8) is 0 Å². The maximum Gasteiger partial charge on any atom is 0.0870 e. The van der Waals surface area contributed by atoms with Gasteiger partial charge in [0.1, 0.15) is 0 Å². The Balaban J connectivity index is 2.08. The summed E-state index contributed by atoms with van der Waals surface area (Å²) in [6.45, 7) is 2.77. The summed E-state index contributed by atoms with van der Waals surface area (Å²) in [6, 6.07) is 0. The molecule has 0 aromatic rings. The van der Waals surface area contributed by atoms with E-state index in [1.807, 2.05) is 0 Å². The van der Waals surface area contributed by atoms with Crippen molar-refractivity contribution < 1.29 is 9.84 Å². The number of rotatable bonds is 4. The number of hydrogen-bond acceptors (Lipinski definition) is 2. The van der Waals surface area contributed by atoms with Crippen molar-refractivity contribution in [2.24, 2.45) is 5.92 Å². The van der Waals surface area contributed by atoms with Gasteiger partial charge in [0, 0.05) is 5.33 Å². The minimum Gasteiger partial charge on any atom is -0.390 e. The van der Waals surface area contributed by atoms with Gasteiger partial charge in [-0.2, -0.15) is 0 Å². The molecule has 0 amide bonds. The van der Waals surface area contributed by atoms with Gasteiger partial charge in [0.15, 0.2) is 0 Å². The third kappa shape index (κ3) is 4.43. The molecule has 0 spiro atoms. The van der Waals surface area contributed by atoms with E-state index in [0.717, 1.165) is 18.8 Å². The van der Waals surface area contributed by atoms with Gasteiger partial charge in [-0.05, 0) is 31.6 Å². The summed E-state index contributed by atoms with van der Waals surface area (Å²) in [4.78, 5) is 0. The van der Waals surface area contributed by atoms with E-state index >= 15 is 0 Å². The lowest BCUT2D eigenvalue weighted by atomic mass is 9.89. The minimum absolute atomic E-state index is 0.348. The largest absolute Gasteiger partial charge is 0.390 e. The van der Waals surface area contributed by atoms with Gasteiger partial charge in [-0.15, -0.1) is 0 Å². The average Bonchev–Trinajstić information content (AvgIpc) is 2.16. The molecular weight excluding hydrogens is 232 g/mol. The van der Waals surface area contributed by atoms with Crippen molar-refractivity contribution >= 4 is 15.9 Å². The molecular formula is C10H19BrO2. The van der Waals surface area contributed by atoms with Gasteiger partial charge in [-0.3, -0.25) is 0 Å². The summed E-state index contributed by atoms with van der Waals surface area (Å²) in [5.74, 6) is 0.862. The molecule has 13 heavy (non-hydrogen) atoms. The SMILES string of the molecule is CC1CCC(OCC(O)CBr)CC1. The van der Waals surface area contributed by atoms with E-state index in [2.05, 4.69) is 22.9 Å². The van der Waals surface area contributed by atoms with Gasteiger partial charge in [0.05, 0.1) is 18.8 Å². The molecule has 78 valence electrons. The van der Waals surface area contributed by atoms with Gasteiger partial charge in [-0.25, -0.2) is 0 Å². The van der Waals surface area contributed by atoms with Crippen LogP contribution in [0.3, 0.4) is 0 Å². The van der Waals surface area contributed by atoms with Crippen LogP contribution < -0.4 is 0 Å². The predicted molar refractivity (Wildman–Crippen MR) is 57.2 cm³/mol. The lowest BCUT2D eigenvalue weighted by Gasteiger charge is -2.26. The third-order valence-electron chi connectivity index (χ3n) is 2.67. The van der Waals surface area contributed by atoms with Gasteiger partial charge >= 0.3 is 0 Å². The van der Waals surface area contributed by atoms with E-state index in [1.165, 1.54) is 12.8 Å². The standard InChI is InChI=1S/C10H19BrO2/c1-8-2-4-10(5-3-8)13-7-9(12)6-11/h8-10,12H,2-7H2,1H3. The van der Waals surface area contributed by atoms with E-state index in [9.17, 15) is 5.11 Å². The Morgan fingerprint density at radius 1 is 1.38 bits per heavy atom. The van der Waals surface area contributed by atoms with Crippen LogP contribution in [-0.4, -0.2) is 29.3 Å². The lowest BCUT2D eigenvalue weighted by molar-refractivity contribution is -0.0214. The summed E-state index contributed by atoms with van der Waals surface area (Å²) < 4.78 is 5.60. The Bertz CT molecular complexity index is 133. The molecule has 1 aliphatic carbocycles. The normalized spacial score (nSPS) is 31.6. The molecule has 1 N–H and O–H groups in total. The Morgan fingerprint density at radius 3 is 2.54 bits per heavy atom. The first kappa shape index (κ1) is 11.5. The quantitative estimate of drug-likeness (QED) is 0.777. The van der Waals surface area contributed by atoms with Crippen LogP contribution in [0.5, 0.6) is 0 Å². The Morgan fingerprint density at radius 2 is 2.00 bits per heavy atom. The molecule has 1 fully saturated rings. The van der Waals surface area contributed by atoms with Gasteiger partial charge in [-0.1, -0.05) is 22.9 Å². The maximum absolute atomic E-state index is 9.27. The van der Waals surface area contributed by atoms with Crippen molar-refractivity contribution in [2.45, 2.75) is 44.8 Å². The van der Waals surface area contributed by atoms with Crippen LogP contribution >= 0.6 is 15.9 Å². The van der Waals surface area contributed by atoms with Crippen LogP contribution in [0.15, 0.2) is 0 Å². The van der Waals surface area contributed by atoms with Crippen molar-refractivity contribution in [2.75, 3.05) is 11.9 Å². The van der Waals surface area contributed by atoms with E-state index in [-0.39, 0.29) is 6.10 Å². The highest BCUT2D eigenvalue weighted by Gasteiger charge is 2.19. The summed E-state index contributed by atoms with van der Waals surface area (Å²) in [6.07, 6.45) is 4.92. The summed E-state index contributed by atoms with van der Waals surface area (Å²) in [7, 11) is 0. The zero-order chi connectivity index (χ0) is 9.68. The van der Waals surface area contributed by atoms with E-state index in [4.69, 9.17) is 4.74 Å². The molecule has 1 aliphatic rings. The number of aliphatic hydroxyl groups is 1. The first-order valence-electron chi connectivity index (χ1n) is 5.08. The second kappa shape index (κ2) is 5.99. The highest BCUT2D eigenvalue weighted by Crippen LogP contribution is 2.25. The molecule has 1 rings (SSSR count). The van der Waals surface area contributed by atoms with Crippen molar-refractivity contribution in [1.29, 1.82) is 0 Å². The number of ether oxygens (including phenoxy) is 1. The Kier molecular flexibility index (Phi) is 5.29. The van der Waals surface area contributed by atoms with Crippen LogP contribution in [0.4, 0.5) is 0 Å². The van der Waals surface area contributed by atoms with Crippen LogP contribution in [0, 0.1) is 5.92 Å². The first-order valence-corrected chi connectivity index (χ1v) is 6.20.